The zero-order chi connectivity index (χ0) is 29.1. The van der Waals surface area contributed by atoms with Gasteiger partial charge in [0.2, 0.25) is 5.91 Å². The summed E-state index contributed by atoms with van der Waals surface area (Å²) in [6.07, 6.45) is 34.9. The molecule has 0 unspecified atom stereocenters. The highest BCUT2D eigenvalue weighted by molar-refractivity contribution is 5.93. The highest BCUT2D eigenvalue weighted by atomic mass is 16.2. The summed E-state index contributed by atoms with van der Waals surface area (Å²) in [5, 5.41) is 5.86. The standard InChI is InChI=1S/C34H50N4O2/c1-4-5-6-7-8-9-10-11-12-13-14-15-16-17-18-19-20-21-22-23-33(39)35-26-28-38(3)29-27-36-34(40)32-25-24-31(2)37-30-32/h5-6,8-9,11-12,14-15,17-18,20-21,24-25,30H,4,7,10,13,16,19,22-23,26-29H2,1-3H3,(H,35,39)(H,36,40)/b6-5-,9-8-,12-11-,15-14-,18-17-,21-20-. The van der Waals surface area contributed by atoms with E-state index in [1.54, 1.807) is 12.3 Å². The minimum absolute atomic E-state index is 0.0631. The van der Waals surface area contributed by atoms with Crippen molar-refractivity contribution in [3.63, 3.8) is 0 Å². The molecule has 1 aromatic rings. The van der Waals surface area contributed by atoms with Crippen LogP contribution in [0.4, 0.5) is 0 Å². The fraction of sp³-hybridized carbons (Fsp3) is 0.441. The molecule has 218 valence electrons. The number of aryl methyl sites for hydroxylation is 1. The molecule has 2 N–H and O–H groups in total. The summed E-state index contributed by atoms with van der Waals surface area (Å²) in [5.41, 5.74) is 1.45. The van der Waals surface area contributed by atoms with Crippen molar-refractivity contribution in [1.82, 2.24) is 20.5 Å². The summed E-state index contributed by atoms with van der Waals surface area (Å²) in [6.45, 7) is 6.61. The molecule has 40 heavy (non-hydrogen) atoms. The van der Waals surface area contributed by atoms with E-state index in [2.05, 4.69) is 100 Å². The zero-order valence-electron chi connectivity index (χ0n) is 24.9. The van der Waals surface area contributed by atoms with Crippen molar-refractivity contribution < 1.29 is 9.59 Å². The van der Waals surface area contributed by atoms with E-state index >= 15 is 0 Å². The van der Waals surface area contributed by atoms with Crippen molar-refractivity contribution in [1.29, 1.82) is 0 Å². The fourth-order valence-electron chi connectivity index (χ4n) is 3.50. The maximum atomic E-state index is 12.1. The molecule has 0 bridgehead atoms. The van der Waals surface area contributed by atoms with E-state index in [-0.39, 0.29) is 11.8 Å². The number of hydrogen-bond donors (Lipinski definition) is 2. The first kappa shape index (κ1) is 34.5. The van der Waals surface area contributed by atoms with Gasteiger partial charge in [0.25, 0.3) is 5.91 Å². The number of pyridine rings is 1. The Kier molecular flexibility index (Phi) is 21.2. The van der Waals surface area contributed by atoms with E-state index in [1.165, 1.54) is 0 Å². The summed E-state index contributed by atoms with van der Waals surface area (Å²) >= 11 is 0. The van der Waals surface area contributed by atoms with Crippen LogP contribution in [0.2, 0.25) is 0 Å². The van der Waals surface area contributed by atoms with Gasteiger partial charge in [-0.1, -0.05) is 79.8 Å². The second kappa shape index (κ2) is 24.5. The van der Waals surface area contributed by atoms with Crippen LogP contribution < -0.4 is 10.6 Å². The van der Waals surface area contributed by atoms with Gasteiger partial charge in [-0.2, -0.15) is 0 Å². The molecule has 0 saturated heterocycles. The van der Waals surface area contributed by atoms with Crippen LogP contribution in [0.3, 0.4) is 0 Å². The van der Waals surface area contributed by atoms with Crippen LogP contribution in [0.25, 0.3) is 0 Å². The smallest absolute Gasteiger partial charge is 0.252 e. The normalized spacial score (nSPS) is 12.4. The van der Waals surface area contributed by atoms with Gasteiger partial charge >= 0.3 is 0 Å². The first-order valence-electron chi connectivity index (χ1n) is 14.6. The van der Waals surface area contributed by atoms with Crippen molar-refractivity contribution in [3.05, 3.63) is 102 Å². The molecule has 6 heteroatoms. The molecule has 1 rings (SSSR count). The Bertz CT molecular complexity index is 988. The molecule has 0 aliphatic rings. The van der Waals surface area contributed by atoms with Crippen LogP contribution in [0.1, 0.15) is 74.3 Å². The minimum atomic E-state index is -0.122. The second-order valence-electron chi connectivity index (χ2n) is 9.55. The number of nitrogens with zero attached hydrogens (tertiary/aromatic N) is 2. The third-order valence-corrected chi connectivity index (χ3v) is 5.90. The van der Waals surface area contributed by atoms with Gasteiger partial charge in [0, 0.05) is 44.5 Å². The van der Waals surface area contributed by atoms with Crippen LogP contribution in [0.15, 0.2) is 91.2 Å². The minimum Gasteiger partial charge on any atom is -0.355 e. The Morgan fingerprint density at radius 1 is 0.750 bits per heavy atom. The summed E-state index contributed by atoms with van der Waals surface area (Å²) < 4.78 is 0. The van der Waals surface area contributed by atoms with Crippen LogP contribution in [0, 0.1) is 6.92 Å². The quantitative estimate of drug-likeness (QED) is 0.169. The van der Waals surface area contributed by atoms with Gasteiger partial charge in [-0.3, -0.25) is 14.6 Å². The van der Waals surface area contributed by atoms with Gasteiger partial charge in [-0.05, 0) is 71.0 Å². The average Bonchev–Trinajstić information content (AvgIpc) is 2.94. The van der Waals surface area contributed by atoms with Crippen molar-refractivity contribution in [2.75, 3.05) is 33.2 Å². The lowest BCUT2D eigenvalue weighted by Crippen LogP contribution is -2.37. The molecule has 6 nitrogen and oxygen atoms in total. The molecule has 0 atom stereocenters. The third-order valence-electron chi connectivity index (χ3n) is 5.90. The van der Waals surface area contributed by atoms with Crippen molar-refractivity contribution in [2.45, 2.75) is 65.2 Å². The monoisotopic (exact) mass is 546 g/mol. The van der Waals surface area contributed by atoms with Crippen molar-refractivity contribution in [2.24, 2.45) is 0 Å². The zero-order valence-corrected chi connectivity index (χ0v) is 24.9. The molecule has 0 aliphatic carbocycles. The Morgan fingerprint density at radius 3 is 1.75 bits per heavy atom. The fourth-order valence-corrected chi connectivity index (χ4v) is 3.50. The molecule has 0 aliphatic heterocycles. The van der Waals surface area contributed by atoms with E-state index in [9.17, 15) is 9.59 Å². The Morgan fingerprint density at radius 2 is 1.25 bits per heavy atom. The first-order valence-corrected chi connectivity index (χ1v) is 14.6. The number of likely N-dealkylation sites (N-methyl/N-ethyl adjacent to an activating group) is 1. The number of carbonyl (C=O) groups excluding carboxylic acids is 2. The predicted octanol–water partition coefficient (Wildman–Crippen LogP) is 6.65. The number of amides is 2. The Balaban J connectivity index is 1.98. The van der Waals surface area contributed by atoms with Gasteiger partial charge in [-0.25, -0.2) is 0 Å². The molecular formula is C34H50N4O2. The summed E-state index contributed by atoms with van der Waals surface area (Å²) in [6, 6.07) is 3.60. The summed E-state index contributed by atoms with van der Waals surface area (Å²) in [5.74, 6) is -0.0586. The molecule has 1 aromatic heterocycles. The molecule has 0 saturated carbocycles. The lowest BCUT2D eigenvalue weighted by Gasteiger charge is -2.17. The molecule has 0 radical (unpaired) electrons. The molecule has 1 heterocycles. The average molecular weight is 547 g/mol. The number of aromatic nitrogens is 1. The van der Waals surface area contributed by atoms with E-state index in [0.717, 1.165) is 57.2 Å². The van der Waals surface area contributed by atoms with Crippen LogP contribution >= 0.6 is 0 Å². The van der Waals surface area contributed by atoms with Crippen LogP contribution in [-0.2, 0) is 4.79 Å². The second-order valence-corrected chi connectivity index (χ2v) is 9.55. The number of allylic oxidation sites excluding steroid dienone is 12. The third kappa shape index (κ3) is 20.5. The lowest BCUT2D eigenvalue weighted by atomic mass is 10.2. The lowest BCUT2D eigenvalue weighted by molar-refractivity contribution is -0.121. The number of nitrogens with one attached hydrogen (secondary N) is 2. The van der Waals surface area contributed by atoms with Gasteiger partial charge < -0.3 is 15.5 Å². The van der Waals surface area contributed by atoms with E-state index in [1.807, 2.05) is 20.0 Å². The Hall–Kier alpha value is -3.51. The largest absolute Gasteiger partial charge is 0.355 e. The van der Waals surface area contributed by atoms with Gasteiger partial charge in [0.1, 0.15) is 0 Å². The molecule has 0 aromatic carbocycles. The van der Waals surface area contributed by atoms with E-state index in [0.29, 0.717) is 31.6 Å². The summed E-state index contributed by atoms with van der Waals surface area (Å²) in [7, 11) is 1.98. The van der Waals surface area contributed by atoms with E-state index < -0.39 is 0 Å². The SMILES string of the molecule is CC/C=C\C/C=C\C/C=C\C/C=C\C/C=C\C/C=C\CCC(=O)NCCN(C)CCNC(=O)c1ccc(C)nc1. The molecule has 2 amide bonds. The molecule has 0 fully saturated rings. The predicted molar refractivity (Wildman–Crippen MR) is 169 cm³/mol. The maximum Gasteiger partial charge on any atom is 0.252 e. The van der Waals surface area contributed by atoms with Crippen LogP contribution in [0.5, 0.6) is 0 Å². The maximum absolute atomic E-state index is 12.1. The Labute approximate surface area is 242 Å². The van der Waals surface area contributed by atoms with Crippen molar-refractivity contribution >= 4 is 11.8 Å². The molecule has 0 spiro atoms. The van der Waals surface area contributed by atoms with Gasteiger partial charge in [-0.15, -0.1) is 0 Å². The first-order chi connectivity index (χ1) is 19.5. The number of rotatable bonds is 21. The number of carbonyl (C=O) groups is 2. The van der Waals surface area contributed by atoms with Gasteiger partial charge in [0.05, 0.1) is 5.56 Å². The van der Waals surface area contributed by atoms with Gasteiger partial charge in [0.15, 0.2) is 0 Å². The highest BCUT2D eigenvalue weighted by Gasteiger charge is 2.06. The topological polar surface area (TPSA) is 74.3 Å². The van der Waals surface area contributed by atoms with Crippen LogP contribution in [-0.4, -0.2) is 54.9 Å². The highest BCUT2D eigenvalue weighted by Crippen LogP contribution is 2.00. The van der Waals surface area contributed by atoms with E-state index in [4.69, 9.17) is 0 Å². The summed E-state index contributed by atoms with van der Waals surface area (Å²) in [4.78, 5) is 30.4. The van der Waals surface area contributed by atoms with Crippen molar-refractivity contribution in [3.8, 4) is 0 Å². The number of hydrogen-bond acceptors (Lipinski definition) is 4. The molecular weight excluding hydrogens is 496 g/mol.